The number of methoxy groups -OCH3 is 3. The van der Waals surface area contributed by atoms with E-state index in [0.29, 0.717) is 36.0 Å². The summed E-state index contributed by atoms with van der Waals surface area (Å²) in [5, 5.41) is 11.4. The third-order valence-electron chi connectivity index (χ3n) is 6.37. The van der Waals surface area contributed by atoms with Gasteiger partial charge < -0.3 is 28.8 Å². The lowest BCUT2D eigenvalue weighted by molar-refractivity contribution is -0.132. The maximum Gasteiger partial charge on any atom is 0.300 e. The number of rotatable bonds is 6. The lowest BCUT2D eigenvalue weighted by atomic mass is 9.94. The van der Waals surface area contributed by atoms with Crippen LogP contribution in [-0.2, 0) is 9.59 Å². The summed E-state index contributed by atoms with van der Waals surface area (Å²) in [6.07, 6.45) is 0. The number of carbonyl (C=O) groups is 2. The summed E-state index contributed by atoms with van der Waals surface area (Å²) in [5.74, 6) is -0.955. The number of anilines is 1. The first-order valence-electron chi connectivity index (χ1n) is 11.6. The molecule has 9 nitrogen and oxygen atoms in total. The van der Waals surface area contributed by atoms with Crippen molar-refractivity contribution in [1.82, 2.24) is 0 Å². The van der Waals surface area contributed by atoms with Crippen LogP contribution in [0.5, 0.6) is 28.7 Å². The van der Waals surface area contributed by atoms with Gasteiger partial charge in [-0.1, -0.05) is 0 Å². The number of ketones is 1. The van der Waals surface area contributed by atoms with Crippen molar-refractivity contribution in [3.63, 3.8) is 0 Å². The standard InChI is InChI=1S/C28H24FNO8/c1-34-21-13-16(14-22(35-2)27(21)36-3)24-23(25(31)15-4-9-19-20(12-15)38-11-10-37-19)26(32)28(33)30(24)18-7-5-17(29)6-8-18/h4-9,12-14,24,31H,10-11H2,1-3H3/b25-23+. The molecular formula is C28H24FNO8. The SMILES string of the molecule is COc1cc(C2/C(=C(\O)c3ccc4c(c3)OCCO4)C(=O)C(=O)N2c2ccc(F)cc2)cc(OC)c1OC. The van der Waals surface area contributed by atoms with E-state index in [4.69, 9.17) is 23.7 Å². The number of aliphatic hydroxyl groups is 1. The average Bonchev–Trinajstić information content (AvgIpc) is 3.21. The zero-order valence-corrected chi connectivity index (χ0v) is 20.8. The highest BCUT2D eigenvalue weighted by molar-refractivity contribution is 6.51. The molecule has 1 amide bonds. The Labute approximate surface area is 217 Å². The Bertz CT molecular complexity index is 1420. The van der Waals surface area contributed by atoms with Gasteiger partial charge in [0, 0.05) is 11.3 Å². The van der Waals surface area contributed by atoms with Crippen LogP contribution in [0.2, 0.25) is 0 Å². The number of halogens is 1. The number of aliphatic hydroxyl groups excluding tert-OH is 1. The predicted molar refractivity (Wildman–Crippen MR) is 135 cm³/mol. The van der Waals surface area contributed by atoms with E-state index >= 15 is 0 Å². The first-order chi connectivity index (χ1) is 18.4. The molecule has 0 aliphatic carbocycles. The van der Waals surface area contributed by atoms with Crippen molar-refractivity contribution in [2.24, 2.45) is 0 Å². The first kappa shape index (κ1) is 24.9. The minimum atomic E-state index is -1.11. The second kappa shape index (κ2) is 9.97. The quantitative estimate of drug-likeness (QED) is 0.292. The largest absolute Gasteiger partial charge is 0.507 e. The highest BCUT2D eigenvalue weighted by Crippen LogP contribution is 2.47. The van der Waals surface area contributed by atoms with Crippen molar-refractivity contribution < 1.29 is 42.8 Å². The van der Waals surface area contributed by atoms with E-state index in [2.05, 4.69) is 0 Å². The highest BCUT2D eigenvalue weighted by atomic mass is 19.1. The normalized spacial score (nSPS) is 17.9. The van der Waals surface area contributed by atoms with Gasteiger partial charge in [-0.3, -0.25) is 14.5 Å². The molecule has 1 atom stereocenters. The monoisotopic (exact) mass is 521 g/mol. The summed E-state index contributed by atoms with van der Waals surface area (Å²) in [5.41, 5.74) is 0.727. The Morgan fingerprint density at radius 2 is 1.53 bits per heavy atom. The molecule has 0 aromatic heterocycles. The van der Waals surface area contributed by atoms with E-state index in [1.807, 2.05) is 0 Å². The molecule has 38 heavy (non-hydrogen) atoms. The zero-order valence-electron chi connectivity index (χ0n) is 20.8. The Balaban J connectivity index is 1.74. The van der Waals surface area contributed by atoms with Gasteiger partial charge in [-0.25, -0.2) is 4.39 Å². The molecule has 1 N–H and O–H groups in total. The predicted octanol–water partition coefficient (Wildman–Crippen LogP) is 4.25. The molecule has 196 valence electrons. The zero-order chi connectivity index (χ0) is 27.0. The van der Waals surface area contributed by atoms with Crippen molar-refractivity contribution in [2.45, 2.75) is 6.04 Å². The molecule has 0 saturated carbocycles. The Morgan fingerprint density at radius 1 is 0.895 bits per heavy atom. The number of amides is 1. The van der Waals surface area contributed by atoms with E-state index in [1.165, 1.54) is 50.5 Å². The summed E-state index contributed by atoms with van der Waals surface area (Å²) < 4.78 is 41.3. The summed E-state index contributed by atoms with van der Waals surface area (Å²) in [6.45, 7) is 0.722. The lowest BCUT2D eigenvalue weighted by Gasteiger charge is -2.26. The molecule has 2 aliphatic rings. The molecule has 10 heteroatoms. The van der Waals surface area contributed by atoms with Gasteiger partial charge >= 0.3 is 0 Å². The average molecular weight is 521 g/mol. The molecule has 1 fully saturated rings. The number of carbonyl (C=O) groups excluding carboxylic acids is 2. The van der Waals surface area contributed by atoms with Gasteiger partial charge in [-0.15, -0.1) is 0 Å². The number of fused-ring (bicyclic) bond motifs is 1. The fourth-order valence-electron chi connectivity index (χ4n) is 4.62. The van der Waals surface area contributed by atoms with Gasteiger partial charge in [-0.05, 0) is 60.2 Å². The smallest absolute Gasteiger partial charge is 0.300 e. The molecule has 0 bridgehead atoms. The van der Waals surface area contributed by atoms with Gasteiger partial charge in [0.05, 0.1) is 32.9 Å². The van der Waals surface area contributed by atoms with Crippen molar-refractivity contribution in [3.8, 4) is 28.7 Å². The van der Waals surface area contributed by atoms with E-state index in [9.17, 15) is 19.1 Å². The van der Waals surface area contributed by atoms with Crippen molar-refractivity contribution in [2.75, 3.05) is 39.4 Å². The number of hydrogen-bond acceptors (Lipinski definition) is 8. The van der Waals surface area contributed by atoms with E-state index in [-0.39, 0.29) is 28.3 Å². The molecule has 3 aromatic rings. The van der Waals surface area contributed by atoms with Crippen molar-refractivity contribution in [3.05, 3.63) is 77.1 Å². The molecule has 0 radical (unpaired) electrons. The number of ether oxygens (including phenoxy) is 5. The molecule has 2 heterocycles. The Morgan fingerprint density at radius 3 is 2.13 bits per heavy atom. The molecule has 3 aromatic carbocycles. The van der Waals surface area contributed by atoms with Crippen LogP contribution in [0.4, 0.5) is 10.1 Å². The highest BCUT2D eigenvalue weighted by Gasteiger charge is 2.47. The van der Waals surface area contributed by atoms with Gasteiger partial charge in [0.1, 0.15) is 24.8 Å². The summed E-state index contributed by atoms with van der Waals surface area (Å²) in [4.78, 5) is 28.0. The van der Waals surface area contributed by atoms with E-state index in [1.54, 1.807) is 30.3 Å². The van der Waals surface area contributed by atoms with Crippen molar-refractivity contribution >= 4 is 23.1 Å². The van der Waals surface area contributed by atoms with Gasteiger partial charge in [0.2, 0.25) is 5.75 Å². The summed E-state index contributed by atoms with van der Waals surface area (Å²) in [6, 6.07) is 11.9. The van der Waals surface area contributed by atoms with E-state index < -0.39 is 29.3 Å². The number of nitrogens with zero attached hydrogens (tertiary/aromatic N) is 1. The van der Waals surface area contributed by atoms with Gasteiger partial charge in [0.15, 0.2) is 23.0 Å². The van der Waals surface area contributed by atoms with Crippen molar-refractivity contribution in [1.29, 1.82) is 0 Å². The maximum absolute atomic E-state index is 13.7. The van der Waals surface area contributed by atoms with E-state index in [0.717, 1.165) is 0 Å². The van der Waals surface area contributed by atoms with Crippen LogP contribution in [0.3, 0.4) is 0 Å². The lowest BCUT2D eigenvalue weighted by Crippen LogP contribution is -2.29. The maximum atomic E-state index is 13.7. The molecule has 5 rings (SSSR count). The van der Waals surface area contributed by atoms with Crippen LogP contribution in [0, 0.1) is 5.82 Å². The van der Waals surface area contributed by atoms with Crippen LogP contribution in [-0.4, -0.2) is 51.3 Å². The van der Waals surface area contributed by atoms with Gasteiger partial charge in [0.25, 0.3) is 11.7 Å². The van der Waals surface area contributed by atoms with Crippen LogP contribution in [0.1, 0.15) is 17.2 Å². The molecule has 1 unspecified atom stereocenters. The second-order valence-electron chi connectivity index (χ2n) is 8.46. The molecule has 2 aliphatic heterocycles. The fraction of sp³-hybridized carbons (Fsp3) is 0.214. The summed E-state index contributed by atoms with van der Waals surface area (Å²) in [7, 11) is 4.33. The van der Waals surface area contributed by atoms with Crippen LogP contribution < -0.4 is 28.6 Å². The fourth-order valence-corrected chi connectivity index (χ4v) is 4.62. The van der Waals surface area contributed by atoms with Gasteiger partial charge in [-0.2, -0.15) is 0 Å². The second-order valence-corrected chi connectivity index (χ2v) is 8.46. The molecule has 1 saturated heterocycles. The van der Waals surface area contributed by atoms with Crippen LogP contribution >= 0.6 is 0 Å². The number of benzene rings is 3. The number of hydrogen-bond donors (Lipinski definition) is 1. The Hall–Kier alpha value is -4.73. The number of Topliss-reactive ketones (excluding diaryl/α,β-unsaturated/α-hetero) is 1. The third-order valence-corrected chi connectivity index (χ3v) is 6.37. The Kier molecular flexibility index (Phi) is 6.54. The summed E-state index contributed by atoms with van der Waals surface area (Å²) >= 11 is 0. The molecule has 0 spiro atoms. The minimum absolute atomic E-state index is 0.176. The molecular weight excluding hydrogens is 497 g/mol. The minimum Gasteiger partial charge on any atom is -0.507 e. The van der Waals surface area contributed by atoms with Crippen LogP contribution in [0.25, 0.3) is 5.76 Å². The van der Waals surface area contributed by atoms with Crippen LogP contribution in [0.15, 0.2) is 60.2 Å². The topological polar surface area (TPSA) is 104 Å². The third kappa shape index (κ3) is 4.13. The first-order valence-corrected chi connectivity index (χ1v) is 11.6.